The van der Waals surface area contributed by atoms with Gasteiger partial charge in [0.2, 0.25) is 0 Å². The Labute approximate surface area is 197 Å². The predicted molar refractivity (Wildman–Crippen MR) is 130 cm³/mol. The molecule has 0 saturated carbocycles. The van der Waals surface area contributed by atoms with Crippen LogP contribution in [0.1, 0.15) is 41.7 Å². The molecule has 2 fully saturated rings. The summed E-state index contributed by atoms with van der Waals surface area (Å²) < 4.78 is 0. The molecule has 1 unspecified atom stereocenters. The number of pyridine rings is 3. The Morgan fingerprint density at radius 2 is 1.91 bits per heavy atom. The summed E-state index contributed by atoms with van der Waals surface area (Å²) in [6.45, 7) is 1.96. The van der Waals surface area contributed by atoms with Crippen molar-refractivity contribution in [2.75, 3.05) is 10.6 Å². The van der Waals surface area contributed by atoms with Crippen LogP contribution in [0.3, 0.4) is 0 Å². The number of aryl methyl sites for hydroxylation is 1. The number of carbonyl (C=O) groups is 1. The maximum absolute atomic E-state index is 13.1. The molecule has 1 amide bonds. The first-order valence-corrected chi connectivity index (χ1v) is 11.7. The van der Waals surface area contributed by atoms with Crippen LogP contribution in [0.5, 0.6) is 0 Å². The normalized spacial score (nSPS) is 21.6. The van der Waals surface area contributed by atoms with Gasteiger partial charge in [0.05, 0.1) is 11.1 Å². The van der Waals surface area contributed by atoms with E-state index in [1.54, 1.807) is 18.6 Å². The number of aromatic amines is 1. The molecule has 3 N–H and O–H groups in total. The number of amides is 1. The number of piperidine rings is 1. The largest absolute Gasteiger partial charge is 0.367 e. The molecule has 0 radical (unpaired) electrons. The van der Waals surface area contributed by atoms with Gasteiger partial charge in [-0.3, -0.25) is 19.9 Å². The van der Waals surface area contributed by atoms with Crippen LogP contribution in [0.2, 0.25) is 0 Å². The molecule has 2 aliphatic heterocycles. The van der Waals surface area contributed by atoms with E-state index in [0.29, 0.717) is 17.2 Å². The Morgan fingerprint density at radius 1 is 1.09 bits per heavy atom. The number of hydrogen-bond donors (Lipinski definition) is 3. The average Bonchev–Trinajstić information content (AvgIpc) is 3.38. The van der Waals surface area contributed by atoms with Crippen LogP contribution in [-0.4, -0.2) is 54.1 Å². The fourth-order valence-electron chi connectivity index (χ4n) is 5.32. The number of rotatable bonds is 5. The molecule has 3 atom stereocenters. The molecule has 4 aromatic rings. The van der Waals surface area contributed by atoms with Crippen LogP contribution in [0.25, 0.3) is 10.9 Å². The van der Waals surface area contributed by atoms with Crippen molar-refractivity contribution < 1.29 is 4.79 Å². The molecule has 2 saturated heterocycles. The fraction of sp³-hybridized carbons (Fsp3) is 0.320. The minimum Gasteiger partial charge on any atom is -0.367 e. The van der Waals surface area contributed by atoms with Crippen molar-refractivity contribution in [3.8, 4) is 0 Å². The first-order chi connectivity index (χ1) is 16.6. The molecule has 172 valence electrons. The van der Waals surface area contributed by atoms with E-state index in [-0.39, 0.29) is 24.0 Å². The van der Waals surface area contributed by atoms with Crippen LogP contribution in [-0.2, 0) is 0 Å². The van der Waals surface area contributed by atoms with Gasteiger partial charge in [-0.15, -0.1) is 0 Å². The van der Waals surface area contributed by atoms with E-state index < -0.39 is 0 Å². The maximum Gasteiger partial charge on any atom is 0.255 e. The smallest absolute Gasteiger partial charge is 0.255 e. The highest BCUT2D eigenvalue weighted by Gasteiger charge is 2.43. The molecule has 0 spiro atoms. The SMILES string of the molecule is Cc1cc(Nc2cc3ncccc3c(NC3C[C@H]4CC[C@@H](C3)N4C(=O)c3cccnc3)n2)n[nH]1. The highest BCUT2D eigenvalue weighted by molar-refractivity contribution is 5.95. The van der Waals surface area contributed by atoms with Gasteiger partial charge in [-0.25, -0.2) is 4.98 Å². The zero-order valence-corrected chi connectivity index (χ0v) is 18.9. The second kappa shape index (κ2) is 8.40. The zero-order chi connectivity index (χ0) is 23.1. The van der Waals surface area contributed by atoms with Gasteiger partial charge in [-0.05, 0) is 56.9 Å². The van der Waals surface area contributed by atoms with Crippen molar-refractivity contribution in [2.24, 2.45) is 0 Å². The molecule has 4 aromatic heterocycles. The summed E-state index contributed by atoms with van der Waals surface area (Å²) in [5.41, 5.74) is 2.50. The van der Waals surface area contributed by atoms with Crippen LogP contribution in [0.15, 0.2) is 55.0 Å². The number of nitrogens with zero attached hydrogens (tertiary/aromatic N) is 5. The zero-order valence-electron chi connectivity index (χ0n) is 18.9. The quantitative estimate of drug-likeness (QED) is 0.417. The number of carbonyl (C=O) groups excluding carboxylic acids is 1. The molecule has 9 heteroatoms. The van der Waals surface area contributed by atoms with Crippen molar-refractivity contribution in [2.45, 2.75) is 50.7 Å². The van der Waals surface area contributed by atoms with Crippen LogP contribution >= 0.6 is 0 Å². The monoisotopic (exact) mass is 454 g/mol. The van der Waals surface area contributed by atoms with Gasteiger partial charge in [-0.2, -0.15) is 5.10 Å². The Hall–Kier alpha value is -4.01. The third kappa shape index (κ3) is 3.83. The average molecular weight is 455 g/mol. The van der Waals surface area contributed by atoms with Crippen molar-refractivity contribution in [1.82, 2.24) is 30.0 Å². The van der Waals surface area contributed by atoms with Crippen molar-refractivity contribution in [3.05, 3.63) is 66.2 Å². The first-order valence-electron chi connectivity index (χ1n) is 11.7. The summed E-state index contributed by atoms with van der Waals surface area (Å²) in [7, 11) is 0. The van der Waals surface area contributed by atoms with E-state index in [1.807, 2.05) is 43.3 Å². The molecule has 6 heterocycles. The second-order valence-electron chi connectivity index (χ2n) is 9.14. The maximum atomic E-state index is 13.1. The highest BCUT2D eigenvalue weighted by atomic mass is 16.2. The lowest BCUT2D eigenvalue weighted by molar-refractivity contribution is 0.0582. The van der Waals surface area contributed by atoms with Gasteiger partial charge in [0, 0.05) is 59.9 Å². The number of fused-ring (bicyclic) bond motifs is 3. The van der Waals surface area contributed by atoms with Crippen LogP contribution in [0, 0.1) is 6.92 Å². The molecule has 2 aliphatic rings. The van der Waals surface area contributed by atoms with E-state index in [9.17, 15) is 4.79 Å². The summed E-state index contributed by atoms with van der Waals surface area (Å²) in [4.78, 5) is 28.8. The Balaban J connectivity index is 1.24. The molecular formula is C25H26N8O. The van der Waals surface area contributed by atoms with Crippen molar-refractivity contribution in [3.63, 3.8) is 0 Å². The summed E-state index contributed by atoms with van der Waals surface area (Å²) >= 11 is 0. The fourth-order valence-corrected chi connectivity index (χ4v) is 5.32. The number of H-pyrrole nitrogens is 1. The van der Waals surface area contributed by atoms with E-state index in [2.05, 4.69) is 35.7 Å². The molecule has 9 nitrogen and oxygen atoms in total. The van der Waals surface area contributed by atoms with E-state index in [0.717, 1.165) is 48.1 Å². The van der Waals surface area contributed by atoms with E-state index >= 15 is 0 Å². The van der Waals surface area contributed by atoms with Crippen LogP contribution in [0.4, 0.5) is 17.5 Å². The summed E-state index contributed by atoms with van der Waals surface area (Å²) in [6.07, 6.45) is 9.00. The highest BCUT2D eigenvalue weighted by Crippen LogP contribution is 2.38. The van der Waals surface area contributed by atoms with Crippen LogP contribution < -0.4 is 10.6 Å². The minimum atomic E-state index is 0.0901. The molecule has 0 aliphatic carbocycles. The topological polar surface area (TPSA) is 112 Å². The van der Waals surface area contributed by atoms with Gasteiger partial charge in [0.1, 0.15) is 11.6 Å². The van der Waals surface area contributed by atoms with E-state index in [4.69, 9.17) is 4.98 Å². The standard InChI is InChI=1S/C25H26N8O/c1-15-10-23(32-31-15)29-22-13-21-20(5-3-9-27-21)24(30-22)28-17-11-18-6-7-19(12-17)33(18)25(34)16-4-2-8-26-14-16/h2-5,8-10,13-14,17-19H,6-7,11-12H2,1H3,(H3,28,29,30,31,32)/t17?,18-,19+. The van der Waals surface area contributed by atoms with Gasteiger partial charge in [0.15, 0.2) is 5.82 Å². The van der Waals surface area contributed by atoms with Gasteiger partial charge in [-0.1, -0.05) is 0 Å². The van der Waals surface area contributed by atoms with Crippen molar-refractivity contribution in [1.29, 1.82) is 0 Å². The molecule has 2 bridgehead atoms. The summed E-state index contributed by atoms with van der Waals surface area (Å²) in [5, 5.41) is 15.1. The first kappa shape index (κ1) is 20.6. The Bertz CT molecular complexity index is 1320. The number of anilines is 3. The van der Waals surface area contributed by atoms with E-state index in [1.165, 1.54) is 0 Å². The van der Waals surface area contributed by atoms with Gasteiger partial charge < -0.3 is 15.5 Å². The number of hydrogen-bond acceptors (Lipinski definition) is 7. The lowest BCUT2D eigenvalue weighted by Crippen LogP contribution is -2.49. The minimum absolute atomic E-state index is 0.0901. The summed E-state index contributed by atoms with van der Waals surface area (Å²) in [6, 6.07) is 12.2. The predicted octanol–water partition coefficient (Wildman–Crippen LogP) is 4.05. The molecule has 6 rings (SSSR count). The summed E-state index contributed by atoms with van der Waals surface area (Å²) in [5.74, 6) is 2.29. The third-order valence-corrected chi connectivity index (χ3v) is 6.78. The second-order valence-corrected chi connectivity index (χ2v) is 9.14. The third-order valence-electron chi connectivity index (χ3n) is 6.78. The lowest BCUT2D eigenvalue weighted by Gasteiger charge is -2.39. The van der Waals surface area contributed by atoms with Gasteiger partial charge in [0.25, 0.3) is 5.91 Å². The molecule has 0 aromatic carbocycles. The number of nitrogens with one attached hydrogen (secondary N) is 3. The van der Waals surface area contributed by atoms with Crippen molar-refractivity contribution >= 4 is 34.3 Å². The Kier molecular flexibility index (Phi) is 5.09. The lowest BCUT2D eigenvalue weighted by atomic mass is 9.96. The Morgan fingerprint density at radius 3 is 2.65 bits per heavy atom. The van der Waals surface area contributed by atoms with Gasteiger partial charge >= 0.3 is 0 Å². The number of aromatic nitrogens is 5. The molecule has 34 heavy (non-hydrogen) atoms. The molecular weight excluding hydrogens is 428 g/mol.